The van der Waals surface area contributed by atoms with Gasteiger partial charge in [0.25, 0.3) is 0 Å². The van der Waals surface area contributed by atoms with Gasteiger partial charge in [0.2, 0.25) is 0 Å². The smallest absolute Gasteiger partial charge is 2.00 e. The Morgan fingerprint density at radius 1 is 1.40 bits per heavy atom. The molecule has 0 N–H and O–H groups in total. The topological polar surface area (TPSA) is 63.2 Å². The van der Waals surface area contributed by atoms with E-state index in [0.717, 1.165) is 0 Å². The number of hydrogen-bond donors (Lipinski definition) is 0. The van der Waals surface area contributed by atoms with E-state index in [1.54, 1.807) is 0 Å². The van der Waals surface area contributed by atoms with Gasteiger partial charge in [0.05, 0.1) is 0 Å². The Balaban J connectivity index is 0. The molecule has 0 rings (SSSR count). The van der Waals surface area contributed by atoms with Gasteiger partial charge in [-0.15, -0.1) is 0 Å². The minimum atomic E-state index is -4.11. The quantitative estimate of drug-likeness (QED) is 0.421. The average Bonchev–Trinajstić information content (AvgIpc) is 0.811. The van der Waals surface area contributed by atoms with Crippen LogP contribution in [-0.4, -0.2) is 45.5 Å². The molecule has 0 radical (unpaired) electrons. The van der Waals surface area contributed by atoms with Crippen molar-refractivity contribution in [3.8, 4) is 0 Å². The van der Waals surface area contributed by atoms with Crippen LogP contribution >= 0.6 is 0 Å². The summed E-state index contributed by atoms with van der Waals surface area (Å²) in [7, 11) is 0. The van der Waals surface area contributed by atoms with Crippen molar-refractivity contribution in [2.45, 2.75) is 0 Å². The fourth-order valence-electron chi connectivity index (χ4n) is 0. The summed E-state index contributed by atoms with van der Waals surface area (Å²) in [6, 6.07) is 0. The van der Waals surface area contributed by atoms with Crippen LogP contribution in [0, 0.1) is 0 Å². The molecule has 0 saturated carbocycles. The van der Waals surface area contributed by atoms with Crippen molar-refractivity contribution >= 4 is 45.5 Å². The molecule has 3 nitrogen and oxygen atoms in total. The average molecular weight is 232 g/mol. The van der Waals surface area contributed by atoms with Gasteiger partial charge in [0.15, 0.2) is 0 Å². The summed E-state index contributed by atoms with van der Waals surface area (Å²) in [5.74, 6) is 0. The van der Waals surface area contributed by atoms with Crippen LogP contribution in [-0.2, 0) is 21.4 Å². The molecular formula is MoO3Sr. The standard InChI is InChI=1S/Mo.3O.Sr/q;;2*-1;+2. The van der Waals surface area contributed by atoms with Crippen LogP contribution in [0.5, 0.6) is 0 Å². The summed E-state index contributed by atoms with van der Waals surface area (Å²) in [6.45, 7) is 0. The van der Waals surface area contributed by atoms with Gasteiger partial charge in [-0.25, -0.2) is 0 Å². The fraction of sp³-hybridized carbons (Fsp3) is 0. The van der Waals surface area contributed by atoms with Crippen LogP contribution in [0.3, 0.4) is 0 Å². The van der Waals surface area contributed by atoms with E-state index in [2.05, 4.69) is 0 Å². The van der Waals surface area contributed by atoms with Crippen LogP contribution in [0.1, 0.15) is 0 Å². The van der Waals surface area contributed by atoms with Crippen molar-refractivity contribution in [2.75, 3.05) is 0 Å². The van der Waals surface area contributed by atoms with Gasteiger partial charge in [0.1, 0.15) is 0 Å². The summed E-state index contributed by atoms with van der Waals surface area (Å²) >= 11 is -4.11. The first-order valence-corrected chi connectivity index (χ1v) is 2.96. The third-order valence-corrected chi connectivity index (χ3v) is 0. The molecule has 0 aromatic carbocycles. The van der Waals surface area contributed by atoms with Gasteiger partial charge in [-0.2, -0.15) is 0 Å². The Labute approximate surface area is 73.0 Å². The molecule has 0 aromatic heterocycles. The van der Waals surface area contributed by atoms with Crippen molar-refractivity contribution in [1.29, 1.82) is 0 Å². The first kappa shape index (κ1) is 10.00. The number of rotatable bonds is 0. The molecule has 0 aliphatic rings. The summed E-state index contributed by atoms with van der Waals surface area (Å²) < 4.78 is 25.8. The molecule has 0 fully saturated rings. The van der Waals surface area contributed by atoms with E-state index >= 15 is 0 Å². The summed E-state index contributed by atoms with van der Waals surface area (Å²) in [5.41, 5.74) is 0. The third kappa shape index (κ3) is 25.0. The minimum absolute atomic E-state index is 0. The Hall–Kier alpha value is 1.89. The molecule has 0 aliphatic heterocycles. The first-order chi connectivity index (χ1) is 1.73. The zero-order valence-corrected chi connectivity index (χ0v) is 7.82. The largest absolute Gasteiger partial charge is 2.00 e. The van der Waals surface area contributed by atoms with Crippen molar-refractivity contribution in [3.63, 3.8) is 0 Å². The van der Waals surface area contributed by atoms with Crippen molar-refractivity contribution < 1.29 is 29.0 Å². The summed E-state index contributed by atoms with van der Waals surface area (Å²) in [5, 5.41) is 0. The Kier molecular flexibility index (Phi) is 11.8. The predicted octanol–water partition coefficient (Wildman–Crippen LogP) is -2.88. The monoisotopic (exact) mass is 234 g/mol. The van der Waals surface area contributed by atoms with Crippen LogP contribution in [0.4, 0.5) is 0 Å². The molecule has 0 heterocycles. The normalized spacial score (nSPS) is 7.00. The van der Waals surface area contributed by atoms with Crippen LogP contribution in [0.2, 0.25) is 0 Å². The molecule has 0 aromatic rings. The Morgan fingerprint density at radius 2 is 1.40 bits per heavy atom. The first-order valence-electron chi connectivity index (χ1n) is 0.500. The molecule has 0 amide bonds. The Bertz CT molecular complexity index is 29.9. The van der Waals surface area contributed by atoms with Crippen LogP contribution in [0.25, 0.3) is 0 Å². The second-order valence-electron chi connectivity index (χ2n) is 0.204. The maximum Gasteiger partial charge on any atom is 2.00 e. The van der Waals surface area contributed by atoms with Crippen molar-refractivity contribution in [3.05, 3.63) is 0 Å². The van der Waals surface area contributed by atoms with Gasteiger partial charge in [-0.3, -0.25) is 0 Å². The van der Waals surface area contributed by atoms with Gasteiger partial charge in [-0.05, 0) is 0 Å². The molecule has 0 unspecified atom stereocenters. The molecule has 0 saturated heterocycles. The molecule has 0 spiro atoms. The van der Waals surface area contributed by atoms with Crippen LogP contribution < -0.4 is 7.52 Å². The molecule has 0 atom stereocenters. The van der Waals surface area contributed by atoms with Crippen molar-refractivity contribution in [2.24, 2.45) is 0 Å². The van der Waals surface area contributed by atoms with E-state index in [1.165, 1.54) is 0 Å². The van der Waals surface area contributed by atoms with E-state index < -0.39 is 18.0 Å². The zero-order chi connectivity index (χ0) is 3.58. The third-order valence-electron chi connectivity index (χ3n) is 0. The van der Waals surface area contributed by atoms with E-state index in [4.69, 9.17) is 10.9 Å². The maximum atomic E-state index is 8.59. The SMILES string of the molecule is [O]=[Mo]([O-])[O-].[Sr+2]. The number of hydrogen-bond acceptors (Lipinski definition) is 3. The van der Waals surface area contributed by atoms with E-state index in [1.807, 2.05) is 0 Å². The molecule has 5 heteroatoms. The second-order valence-corrected chi connectivity index (χ2v) is 1.21. The van der Waals surface area contributed by atoms with Crippen molar-refractivity contribution in [1.82, 2.24) is 0 Å². The van der Waals surface area contributed by atoms with Gasteiger partial charge in [0, 0.05) is 0 Å². The van der Waals surface area contributed by atoms with E-state index in [9.17, 15) is 0 Å². The second kappa shape index (κ2) is 5.89. The van der Waals surface area contributed by atoms with Gasteiger partial charge in [-0.1, -0.05) is 0 Å². The summed E-state index contributed by atoms with van der Waals surface area (Å²) in [6.07, 6.45) is 0. The van der Waals surface area contributed by atoms with E-state index in [0.29, 0.717) is 0 Å². The molecule has 0 bridgehead atoms. The predicted molar refractivity (Wildman–Crippen MR) is 6.44 cm³/mol. The minimum Gasteiger partial charge on any atom is 2.00 e. The Morgan fingerprint density at radius 3 is 1.40 bits per heavy atom. The fourth-order valence-corrected chi connectivity index (χ4v) is 0. The molecule has 0 aliphatic carbocycles. The van der Waals surface area contributed by atoms with E-state index in [-0.39, 0.29) is 45.5 Å². The molecule has 26 valence electrons. The van der Waals surface area contributed by atoms with Crippen LogP contribution in [0.15, 0.2) is 0 Å². The maximum absolute atomic E-state index is 8.59. The zero-order valence-electron chi connectivity index (χ0n) is 2.34. The van der Waals surface area contributed by atoms with Gasteiger partial charge >= 0.3 is 74.4 Å². The molecular weight excluding hydrogens is 232 g/mol. The molecule has 5 heavy (non-hydrogen) atoms. The van der Waals surface area contributed by atoms with Gasteiger partial charge < -0.3 is 0 Å². The summed E-state index contributed by atoms with van der Waals surface area (Å²) in [4.78, 5) is 0.